The number of halogens is 1. The monoisotopic (exact) mass is 566 g/mol. The lowest BCUT2D eigenvalue weighted by molar-refractivity contribution is 0.0746. The van der Waals surface area contributed by atoms with E-state index in [4.69, 9.17) is 17.0 Å². The van der Waals surface area contributed by atoms with Crippen LogP contribution in [0.25, 0.3) is 0 Å². The van der Waals surface area contributed by atoms with E-state index in [2.05, 4.69) is 31.5 Å². The minimum absolute atomic E-state index is 0.0452. The van der Waals surface area contributed by atoms with Crippen molar-refractivity contribution in [3.05, 3.63) is 87.9 Å². The molecule has 0 atom stereocenters. The fraction of sp³-hybridized carbons (Fsp3) is 0.222. The maximum absolute atomic E-state index is 12.9. The highest BCUT2D eigenvalue weighted by Gasteiger charge is 2.24. The van der Waals surface area contributed by atoms with Gasteiger partial charge in [-0.15, -0.1) is 0 Å². The summed E-state index contributed by atoms with van der Waals surface area (Å²) in [6.45, 7) is 4.48. The molecule has 1 heterocycles. The fourth-order valence-corrected chi connectivity index (χ4v) is 5.04. The molecule has 186 valence electrons. The summed E-state index contributed by atoms with van der Waals surface area (Å²) < 4.78 is 6.20. The van der Waals surface area contributed by atoms with Gasteiger partial charge in [-0.05, 0) is 61.1 Å². The smallest absolute Gasteiger partial charge is 0.261 e. The second-order valence-corrected chi connectivity index (χ2v) is 9.70. The Kier molecular flexibility index (Phi) is 8.22. The third kappa shape index (κ3) is 5.85. The van der Waals surface area contributed by atoms with E-state index >= 15 is 0 Å². The summed E-state index contributed by atoms with van der Waals surface area (Å²) in [5.41, 5.74) is 3.67. The van der Waals surface area contributed by atoms with E-state index in [1.165, 1.54) is 7.11 Å². The molecule has 0 radical (unpaired) electrons. The Bertz CT molecular complexity index is 1280. The first kappa shape index (κ1) is 25.7. The Balaban J connectivity index is 1.41. The number of rotatable bonds is 5. The Morgan fingerprint density at radius 3 is 2.33 bits per heavy atom. The van der Waals surface area contributed by atoms with Crippen molar-refractivity contribution < 1.29 is 14.3 Å². The number of hydrogen-bond donors (Lipinski definition) is 2. The lowest BCUT2D eigenvalue weighted by Gasteiger charge is -2.37. The van der Waals surface area contributed by atoms with Crippen LogP contribution in [-0.2, 0) is 0 Å². The molecule has 1 saturated heterocycles. The van der Waals surface area contributed by atoms with Crippen molar-refractivity contribution in [2.45, 2.75) is 6.92 Å². The molecule has 0 unspecified atom stereocenters. The highest BCUT2D eigenvalue weighted by molar-refractivity contribution is 9.10. The van der Waals surface area contributed by atoms with Crippen molar-refractivity contribution in [3.63, 3.8) is 0 Å². The quantitative estimate of drug-likeness (QED) is 0.430. The minimum Gasteiger partial charge on any atom is -0.496 e. The Hall–Kier alpha value is -3.43. The first-order chi connectivity index (χ1) is 17.4. The van der Waals surface area contributed by atoms with Crippen LogP contribution in [0.4, 0.5) is 11.4 Å². The van der Waals surface area contributed by atoms with Gasteiger partial charge in [-0.2, -0.15) is 0 Å². The van der Waals surface area contributed by atoms with Crippen LogP contribution in [0.15, 0.2) is 71.2 Å². The van der Waals surface area contributed by atoms with Crippen molar-refractivity contribution in [1.82, 2.24) is 10.2 Å². The predicted molar refractivity (Wildman–Crippen MR) is 150 cm³/mol. The van der Waals surface area contributed by atoms with Gasteiger partial charge in [0, 0.05) is 36.2 Å². The average molecular weight is 568 g/mol. The van der Waals surface area contributed by atoms with Crippen LogP contribution < -0.4 is 20.3 Å². The SMILES string of the molecule is COc1c(C)cc(Br)cc1C(=O)NC(=S)Nc1ccccc1N1CCN(C(=O)c2ccccc2)CC1. The number of methoxy groups -OCH3 is 1. The maximum Gasteiger partial charge on any atom is 0.261 e. The number of benzene rings is 3. The van der Waals surface area contributed by atoms with Gasteiger partial charge >= 0.3 is 0 Å². The topological polar surface area (TPSA) is 73.9 Å². The number of aryl methyl sites for hydroxylation is 1. The normalized spacial score (nSPS) is 13.2. The third-order valence-electron chi connectivity index (χ3n) is 6.00. The number of nitrogens with zero attached hydrogens (tertiary/aromatic N) is 2. The van der Waals surface area contributed by atoms with Gasteiger partial charge in [-0.3, -0.25) is 14.9 Å². The number of nitrogens with one attached hydrogen (secondary N) is 2. The molecule has 4 rings (SSSR count). The van der Waals surface area contributed by atoms with Crippen LogP contribution in [0.3, 0.4) is 0 Å². The van der Waals surface area contributed by atoms with Gasteiger partial charge in [0.05, 0.1) is 24.0 Å². The highest BCUT2D eigenvalue weighted by atomic mass is 79.9. The van der Waals surface area contributed by atoms with Gasteiger partial charge < -0.3 is 19.9 Å². The zero-order valence-corrected chi connectivity index (χ0v) is 22.5. The molecule has 9 heteroatoms. The molecule has 0 spiro atoms. The zero-order valence-electron chi connectivity index (χ0n) is 20.1. The first-order valence-electron chi connectivity index (χ1n) is 11.5. The van der Waals surface area contributed by atoms with Gasteiger partial charge in [-0.1, -0.05) is 46.3 Å². The van der Waals surface area contributed by atoms with E-state index in [9.17, 15) is 9.59 Å². The molecule has 1 fully saturated rings. The van der Waals surface area contributed by atoms with Gasteiger partial charge in [-0.25, -0.2) is 0 Å². The van der Waals surface area contributed by atoms with E-state index in [1.54, 1.807) is 6.07 Å². The van der Waals surface area contributed by atoms with Crippen molar-refractivity contribution in [2.24, 2.45) is 0 Å². The number of thiocarbonyl (C=S) groups is 1. The molecule has 1 aliphatic rings. The average Bonchev–Trinajstić information content (AvgIpc) is 2.88. The Morgan fingerprint density at radius 2 is 1.64 bits per heavy atom. The van der Waals surface area contributed by atoms with Crippen LogP contribution in [0.5, 0.6) is 5.75 Å². The zero-order chi connectivity index (χ0) is 25.7. The van der Waals surface area contributed by atoms with E-state index in [-0.39, 0.29) is 16.9 Å². The molecule has 3 aromatic rings. The number of amides is 2. The molecule has 0 aromatic heterocycles. The van der Waals surface area contributed by atoms with Crippen molar-refractivity contribution >= 4 is 56.4 Å². The highest BCUT2D eigenvalue weighted by Crippen LogP contribution is 2.29. The van der Waals surface area contributed by atoms with Crippen molar-refractivity contribution in [2.75, 3.05) is 43.5 Å². The summed E-state index contributed by atoms with van der Waals surface area (Å²) in [5, 5.41) is 6.10. The van der Waals surface area contributed by atoms with Crippen LogP contribution in [-0.4, -0.2) is 55.1 Å². The molecule has 0 aliphatic carbocycles. The molecule has 36 heavy (non-hydrogen) atoms. The number of ether oxygens (including phenoxy) is 1. The van der Waals surface area contributed by atoms with Gasteiger partial charge in [0.25, 0.3) is 11.8 Å². The minimum atomic E-state index is -0.362. The maximum atomic E-state index is 12.9. The lowest BCUT2D eigenvalue weighted by atomic mass is 10.1. The number of carbonyl (C=O) groups excluding carboxylic acids is 2. The fourth-order valence-electron chi connectivity index (χ4n) is 4.26. The summed E-state index contributed by atoms with van der Waals surface area (Å²) in [5.74, 6) is 0.185. The number of carbonyl (C=O) groups is 2. The third-order valence-corrected chi connectivity index (χ3v) is 6.66. The van der Waals surface area contributed by atoms with Gasteiger partial charge in [0.15, 0.2) is 5.11 Å². The van der Waals surface area contributed by atoms with Gasteiger partial charge in [0.2, 0.25) is 0 Å². The molecule has 0 saturated carbocycles. The summed E-state index contributed by atoms with van der Waals surface area (Å²) in [6.07, 6.45) is 0. The Morgan fingerprint density at radius 1 is 0.972 bits per heavy atom. The lowest BCUT2D eigenvalue weighted by Crippen LogP contribution is -2.49. The molecule has 2 amide bonds. The van der Waals surface area contributed by atoms with E-state index in [0.717, 1.165) is 21.4 Å². The second kappa shape index (κ2) is 11.5. The van der Waals surface area contributed by atoms with E-state index in [0.29, 0.717) is 43.1 Å². The summed E-state index contributed by atoms with van der Waals surface area (Å²) in [7, 11) is 1.53. The molecule has 0 bridgehead atoms. The Labute approximate surface area is 224 Å². The van der Waals surface area contributed by atoms with E-state index < -0.39 is 0 Å². The predicted octanol–water partition coefficient (Wildman–Crippen LogP) is 4.86. The second-order valence-electron chi connectivity index (χ2n) is 8.37. The number of hydrogen-bond acceptors (Lipinski definition) is 5. The summed E-state index contributed by atoms with van der Waals surface area (Å²) in [4.78, 5) is 29.8. The van der Waals surface area contributed by atoms with Gasteiger partial charge in [0.1, 0.15) is 5.75 Å². The number of para-hydroxylation sites is 2. The molecular formula is C27H27BrN4O3S. The molecule has 3 aromatic carbocycles. The van der Waals surface area contributed by atoms with Crippen molar-refractivity contribution in [1.29, 1.82) is 0 Å². The largest absolute Gasteiger partial charge is 0.496 e. The molecule has 2 N–H and O–H groups in total. The van der Waals surface area contributed by atoms with E-state index in [1.807, 2.05) is 72.5 Å². The van der Waals surface area contributed by atoms with Crippen LogP contribution >= 0.6 is 28.1 Å². The number of anilines is 2. The van der Waals surface area contributed by atoms with Crippen molar-refractivity contribution in [3.8, 4) is 5.75 Å². The standard InChI is InChI=1S/C27H27BrN4O3S/c1-18-16-20(28)17-21(24(18)35-2)25(33)30-27(36)29-22-10-6-7-11-23(22)31-12-14-32(15-13-31)26(34)19-8-4-3-5-9-19/h3-11,16-17H,12-15H2,1-2H3,(H2,29,30,33,36). The first-order valence-corrected chi connectivity index (χ1v) is 12.7. The summed E-state index contributed by atoms with van der Waals surface area (Å²) >= 11 is 8.89. The molecular weight excluding hydrogens is 540 g/mol. The number of piperazine rings is 1. The molecule has 1 aliphatic heterocycles. The summed E-state index contributed by atoms with van der Waals surface area (Å²) in [6, 6.07) is 20.7. The van der Waals surface area contributed by atoms with Crippen LogP contribution in [0.2, 0.25) is 0 Å². The van der Waals surface area contributed by atoms with Crippen LogP contribution in [0, 0.1) is 6.92 Å². The van der Waals surface area contributed by atoms with Crippen LogP contribution in [0.1, 0.15) is 26.3 Å². The molecule has 7 nitrogen and oxygen atoms in total.